The van der Waals surface area contributed by atoms with E-state index in [4.69, 9.17) is 0 Å². The highest BCUT2D eigenvalue weighted by atomic mass is 16.2. The number of amides is 3. The van der Waals surface area contributed by atoms with Gasteiger partial charge in [0.1, 0.15) is 0 Å². The van der Waals surface area contributed by atoms with Crippen molar-refractivity contribution in [2.75, 3.05) is 24.3 Å². The van der Waals surface area contributed by atoms with Gasteiger partial charge in [-0.25, -0.2) is 4.79 Å². The highest BCUT2D eigenvalue weighted by molar-refractivity contribution is 5.93. The molecule has 1 fully saturated rings. The lowest BCUT2D eigenvalue weighted by atomic mass is 10.1. The lowest BCUT2D eigenvalue weighted by molar-refractivity contribution is -0.119. The summed E-state index contributed by atoms with van der Waals surface area (Å²) in [5.41, 5.74) is 3.88. The summed E-state index contributed by atoms with van der Waals surface area (Å²) in [5.74, 6) is 0.211. The van der Waals surface area contributed by atoms with Crippen molar-refractivity contribution in [1.29, 1.82) is 0 Å². The van der Waals surface area contributed by atoms with Crippen LogP contribution in [0.2, 0.25) is 0 Å². The van der Waals surface area contributed by atoms with Crippen LogP contribution in [0, 0.1) is 5.92 Å². The van der Waals surface area contributed by atoms with E-state index in [1.165, 1.54) is 0 Å². The molecule has 1 aliphatic carbocycles. The Bertz CT molecular complexity index is 905. The molecule has 0 spiro atoms. The number of nitrogens with zero attached hydrogens (tertiary/aromatic N) is 2. The highest BCUT2D eigenvalue weighted by Gasteiger charge is 2.23. The minimum atomic E-state index is -0.103. The van der Waals surface area contributed by atoms with Crippen molar-refractivity contribution in [2.24, 2.45) is 5.92 Å². The predicted molar refractivity (Wildman–Crippen MR) is 131 cm³/mol. The van der Waals surface area contributed by atoms with Gasteiger partial charge in [0.25, 0.3) is 0 Å². The minimum absolute atomic E-state index is 0.0473. The summed E-state index contributed by atoms with van der Waals surface area (Å²) in [6.07, 6.45) is 4.19. The van der Waals surface area contributed by atoms with Gasteiger partial charge in [0.15, 0.2) is 0 Å². The molecule has 0 unspecified atom stereocenters. The Hall–Kier alpha value is -3.02. The summed E-state index contributed by atoms with van der Waals surface area (Å²) >= 11 is 0. The molecule has 1 saturated carbocycles. The number of carbonyl (C=O) groups excluding carboxylic acids is 2. The lowest BCUT2D eigenvalue weighted by Gasteiger charge is -2.27. The van der Waals surface area contributed by atoms with Crippen molar-refractivity contribution >= 4 is 23.3 Å². The van der Waals surface area contributed by atoms with Crippen molar-refractivity contribution in [3.63, 3.8) is 0 Å². The molecule has 2 aromatic carbocycles. The van der Waals surface area contributed by atoms with E-state index in [1.54, 1.807) is 0 Å². The van der Waals surface area contributed by atoms with Gasteiger partial charge in [-0.05, 0) is 56.0 Å². The second-order valence-electron chi connectivity index (χ2n) is 9.15. The van der Waals surface area contributed by atoms with Crippen LogP contribution in [0.5, 0.6) is 0 Å². The van der Waals surface area contributed by atoms with Crippen molar-refractivity contribution in [2.45, 2.75) is 58.7 Å². The van der Waals surface area contributed by atoms with Gasteiger partial charge in [-0.3, -0.25) is 4.79 Å². The largest absolute Gasteiger partial charge is 0.377 e. The number of urea groups is 1. The number of benzene rings is 2. The van der Waals surface area contributed by atoms with E-state index in [-0.39, 0.29) is 23.9 Å². The fraction of sp³-hybridized carbons (Fsp3) is 0.462. The van der Waals surface area contributed by atoms with Crippen LogP contribution in [0.15, 0.2) is 48.5 Å². The van der Waals surface area contributed by atoms with E-state index in [2.05, 4.69) is 10.6 Å². The molecule has 2 N–H and O–H groups in total. The Labute approximate surface area is 192 Å². The van der Waals surface area contributed by atoms with Crippen molar-refractivity contribution in [3.05, 3.63) is 59.7 Å². The van der Waals surface area contributed by atoms with Crippen LogP contribution < -0.4 is 15.5 Å². The van der Waals surface area contributed by atoms with Crippen LogP contribution >= 0.6 is 0 Å². The van der Waals surface area contributed by atoms with E-state index in [9.17, 15) is 9.59 Å². The van der Waals surface area contributed by atoms with Crippen LogP contribution in [0.4, 0.5) is 16.2 Å². The molecule has 1 aliphatic rings. The summed E-state index contributed by atoms with van der Waals surface area (Å²) in [5, 5.41) is 6.12. The van der Waals surface area contributed by atoms with Gasteiger partial charge >= 0.3 is 6.03 Å². The molecule has 2 aromatic rings. The molecule has 32 heavy (non-hydrogen) atoms. The second-order valence-corrected chi connectivity index (χ2v) is 9.15. The molecule has 0 heterocycles. The average molecular weight is 437 g/mol. The van der Waals surface area contributed by atoms with E-state index in [1.807, 2.05) is 86.3 Å². The van der Waals surface area contributed by atoms with Crippen LogP contribution in [0.1, 0.15) is 50.7 Å². The summed E-state index contributed by atoms with van der Waals surface area (Å²) < 4.78 is 0. The number of hydrogen-bond donors (Lipinski definition) is 2. The van der Waals surface area contributed by atoms with Gasteiger partial charge < -0.3 is 20.4 Å². The molecule has 0 atom stereocenters. The Morgan fingerprint density at radius 1 is 1.00 bits per heavy atom. The molecule has 172 valence electrons. The average Bonchev–Trinajstić information content (AvgIpc) is 3.28. The first-order chi connectivity index (χ1) is 15.3. The number of hydrogen-bond acceptors (Lipinski definition) is 3. The topological polar surface area (TPSA) is 64.7 Å². The predicted octanol–water partition coefficient (Wildman–Crippen LogP) is 5.00. The quantitative estimate of drug-likeness (QED) is 0.612. The molecule has 0 radical (unpaired) electrons. The molecule has 0 aliphatic heterocycles. The molecular weight excluding hydrogens is 400 g/mol. The zero-order chi connectivity index (χ0) is 23.1. The maximum atomic E-state index is 13.0. The van der Waals surface area contributed by atoms with Crippen LogP contribution in [-0.2, 0) is 17.9 Å². The van der Waals surface area contributed by atoms with Crippen molar-refractivity contribution < 1.29 is 9.59 Å². The molecule has 0 bridgehead atoms. The van der Waals surface area contributed by atoms with E-state index in [0.29, 0.717) is 13.1 Å². The van der Waals surface area contributed by atoms with E-state index in [0.717, 1.165) is 48.2 Å². The zero-order valence-corrected chi connectivity index (χ0v) is 19.7. The zero-order valence-electron chi connectivity index (χ0n) is 19.7. The standard InChI is InChI=1S/C26H36N4O2/c1-19(2)27-26(32)30(17-20-10-6-5-7-11-20)18-22-16-23(14-15-24(22)29(3)4)28-25(31)21-12-8-9-13-21/h5-7,10-11,14-16,19,21H,8-9,12-13,17-18H2,1-4H3,(H,27,32)(H,28,31). The van der Waals surface area contributed by atoms with Gasteiger partial charge in [0.05, 0.1) is 0 Å². The maximum Gasteiger partial charge on any atom is 0.318 e. The van der Waals surface area contributed by atoms with Gasteiger partial charge in [-0.1, -0.05) is 43.2 Å². The third-order valence-corrected chi connectivity index (χ3v) is 5.83. The van der Waals surface area contributed by atoms with Crippen molar-refractivity contribution in [1.82, 2.24) is 10.2 Å². The van der Waals surface area contributed by atoms with Crippen molar-refractivity contribution in [3.8, 4) is 0 Å². The summed E-state index contributed by atoms with van der Waals surface area (Å²) in [6, 6.07) is 15.9. The summed E-state index contributed by atoms with van der Waals surface area (Å²) in [6.45, 7) is 4.87. The van der Waals surface area contributed by atoms with E-state index >= 15 is 0 Å². The Morgan fingerprint density at radius 2 is 1.69 bits per heavy atom. The monoisotopic (exact) mass is 436 g/mol. The third kappa shape index (κ3) is 6.49. The lowest BCUT2D eigenvalue weighted by Crippen LogP contribution is -2.42. The molecule has 3 amide bonds. The molecule has 0 saturated heterocycles. The maximum absolute atomic E-state index is 13.0. The number of carbonyl (C=O) groups is 2. The molecule has 3 rings (SSSR count). The SMILES string of the molecule is CC(C)NC(=O)N(Cc1ccccc1)Cc1cc(NC(=O)C2CCCC2)ccc1N(C)C. The second kappa shape index (κ2) is 11.0. The van der Waals surface area contributed by atoms with Crippen LogP contribution in [-0.4, -0.2) is 37.0 Å². The smallest absolute Gasteiger partial charge is 0.318 e. The number of rotatable bonds is 8. The minimum Gasteiger partial charge on any atom is -0.377 e. The van der Waals surface area contributed by atoms with Gasteiger partial charge in [0.2, 0.25) is 5.91 Å². The third-order valence-electron chi connectivity index (χ3n) is 5.83. The Morgan fingerprint density at radius 3 is 2.31 bits per heavy atom. The first-order valence-electron chi connectivity index (χ1n) is 11.5. The van der Waals surface area contributed by atoms with Gasteiger partial charge in [0, 0.05) is 50.5 Å². The fourth-order valence-electron chi connectivity index (χ4n) is 4.21. The Kier molecular flexibility index (Phi) is 8.14. The summed E-state index contributed by atoms with van der Waals surface area (Å²) in [4.78, 5) is 29.5. The van der Waals surface area contributed by atoms with E-state index < -0.39 is 0 Å². The van der Waals surface area contributed by atoms with Gasteiger partial charge in [-0.15, -0.1) is 0 Å². The normalized spacial score (nSPS) is 13.8. The molecule has 6 heteroatoms. The van der Waals surface area contributed by atoms with Gasteiger partial charge in [-0.2, -0.15) is 0 Å². The first-order valence-corrected chi connectivity index (χ1v) is 11.5. The summed E-state index contributed by atoms with van der Waals surface area (Å²) in [7, 11) is 3.98. The molecule has 0 aromatic heterocycles. The number of nitrogens with one attached hydrogen (secondary N) is 2. The number of anilines is 2. The molecular formula is C26H36N4O2. The highest BCUT2D eigenvalue weighted by Crippen LogP contribution is 2.28. The fourth-order valence-corrected chi connectivity index (χ4v) is 4.21. The van der Waals surface area contributed by atoms with Crippen LogP contribution in [0.25, 0.3) is 0 Å². The van der Waals surface area contributed by atoms with Crippen LogP contribution in [0.3, 0.4) is 0 Å². The molecule has 6 nitrogen and oxygen atoms in total. The first kappa shape index (κ1) is 23.6. The Balaban J connectivity index is 1.84.